The van der Waals surface area contributed by atoms with Gasteiger partial charge in [0.1, 0.15) is 0 Å². The number of hydrogen-bond acceptors (Lipinski definition) is 0. The Labute approximate surface area is 144 Å². The van der Waals surface area contributed by atoms with Gasteiger partial charge in [0.15, 0.2) is 0 Å². The first-order valence-electron chi connectivity index (χ1n) is 7.65. The van der Waals surface area contributed by atoms with Crippen LogP contribution < -0.4 is 0 Å². The second-order valence-electron chi connectivity index (χ2n) is 5.61. The van der Waals surface area contributed by atoms with Crippen molar-refractivity contribution in [3.8, 4) is 22.3 Å². The largest absolute Gasteiger partial charge is 0.0616 e. The Kier molecular flexibility index (Phi) is 3.72. The molecule has 0 aliphatic heterocycles. The molecule has 23 heavy (non-hydrogen) atoms. The van der Waals surface area contributed by atoms with Crippen LogP contribution in [-0.2, 0) is 0 Å². The van der Waals surface area contributed by atoms with E-state index in [9.17, 15) is 0 Å². The van der Waals surface area contributed by atoms with E-state index in [1.165, 1.54) is 33.0 Å². The molecule has 0 aliphatic rings. The van der Waals surface area contributed by atoms with Gasteiger partial charge in [-0.15, -0.1) is 0 Å². The van der Waals surface area contributed by atoms with Crippen LogP contribution in [0.3, 0.4) is 0 Å². The van der Waals surface area contributed by atoms with Crippen molar-refractivity contribution in [1.29, 1.82) is 0 Å². The van der Waals surface area contributed by atoms with Gasteiger partial charge in [-0.2, -0.15) is 0 Å². The first kappa shape index (κ1) is 14.2. The zero-order valence-corrected chi connectivity index (χ0v) is 14.1. The first-order valence-corrected chi connectivity index (χ1v) is 8.45. The zero-order chi connectivity index (χ0) is 15.6. The predicted octanol–water partition coefficient (Wildman–Crippen LogP) is 6.94. The van der Waals surface area contributed by atoms with Gasteiger partial charge in [0.25, 0.3) is 0 Å². The van der Waals surface area contributed by atoms with Crippen LogP contribution in [0.15, 0.2) is 95.5 Å². The molecule has 4 rings (SSSR count). The lowest BCUT2D eigenvalue weighted by atomic mass is 9.96. The van der Waals surface area contributed by atoms with Crippen molar-refractivity contribution in [3.05, 3.63) is 95.5 Å². The topological polar surface area (TPSA) is 0 Å². The molecule has 0 aliphatic carbocycles. The highest BCUT2D eigenvalue weighted by Crippen LogP contribution is 2.30. The van der Waals surface area contributed by atoms with Crippen LogP contribution in [0.1, 0.15) is 0 Å². The van der Waals surface area contributed by atoms with E-state index in [2.05, 4.69) is 101 Å². The number of benzene rings is 4. The number of halogens is 1. The summed E-state index contributed by atoms with van der Waals surface area (Å²) in [7, 11) is 0. The Hall–Kier alpha value is -2.38. The average molecular weight is 359 g/mol. The molecule has 0 atom stereocenters. The minimum absolute atomic E-state index is 1.10. The fourth-order valence-electron chi connectivity index (χ4n) is 2.99. The Morgan fingerprint density at radius 3 is 2.04 bits per heavy atom. The van der Waals surface area contributed by atoms with Gasteiger partial charge in [0.05, 0.1) is 0 Å². The third kappa shape index (κ3) is 2.80. The maximum atomic E-state index is 3.54. The van der Waals surface area contributed by atoms with E-state index in [1.54, 1.807) is 0 Å². The second-order valence-corrected chi connectivity index (χ2v) is 6.53. The van der Waals surface area contributed by atoms with Crippen LogP contribution >= 0.6 is 15.9 Å². The maximum Gasteiger partial charge on any atom is 0.0181 e. The van der Waals surface area contributed by atoms with Crippen LogP contribution in [0.25, 0.3) is 33.0 Å². The molecule has 0 aromatic heterocycles. The molecule has 0 amide bonds. The molecule has 0 fully saturated rings. The van der Waals surface area contributed by atoms with Crippen LogP contribution in [0.5, 0.6) is 0 Å². The van der Waals surface area contributed by atoms with Gasteiger partial charge in [-0.3, -0.25) is 0 Å². The van der Waals surface area contributed by atoms with E-state index >= 15 is 0 Å². The normalized spacial score (nSPS) is 10.8. The molecule has 0 bridgehead atoms. The molecule has 0 spiro atoms. The first-order chi connectivity index (χ1) is 11.3. The lowest BCUT2D eigenvalue weighted by molar-refractivity contribution is 1.58. The number of fused-ring (bicyclic) bond motifs is 1. The van der Waals surface area contributed by atoms with Crippen molar-refractivity contribution in [2.24, 2.45) is 0 Å². The van der Waals surface area contributed by atoms with E-state index < -0.39 is 0 Å². The van der Waals surface area contributed by atoms with Gasteiger partial charge in [-0.1, -0.05) is 94.8 Å². The average Bonchev–Trinajstić information content (AvgIpc) is 2.61. The summed E-state index contributed by atoms with van der Waals surface area (Å²) < 4.78 is 1.10. The van der Waals surface area contributed by atoms with Crippen molar-refractivity contribution >= 4 is 26.7 Å². The summed E-state index contributed by atoms with van der Waals surface area (Å²) >= 11 is 3.54. The predicted molar refractivity (Wildman–Crippen MR) is 103 cm³/mol. The number of hydrogen-bond donors (Lipinski definition) is 0. The maximum absolute atomic E-state index is 3.54. The second kappa shape index (κ2) is 6.02. The summed E-state index contributed by atoms with van der Waals surface area (Å²) in [5, 5.41) is 2.58. The van der Waals surface area contributed by atoms with Gasteiger partial charge in [-0.05, 0) is 45.2 Å². The minimum atomic E-state index is 1.10. The Morgan fingerprint density at radius 2 is 1.22 bits per heavy atom. The van der Waals surface area contributed by atoms with Gasteiger partial charge < -0.3 is 0 Å². The molecular formula is C22H15Br. The molecule has 4 aromatic rings. The van der Waals surface area contributed by atoms with E-state index in [0.717, 1.165) is 4.47 Å². The van der Waals surface area contributed by atoms with E-state index in [1.807, 2.05) is 6.07 Å². The van der Waals surface area contributed by atoms with Crippen LogP contribution in [-0.4, -0.2) is 0 Å². The molecular weight excluding hydrogens is 344 g/mol. The highest BCUT2D eigenvalue weighted by molar-refractivity contribution is 9.10. The zero-order valence-electron chi connectivity index (χ0n) is 12.5. The van der Waals surface area contributed by atoms with Crippen molar-refractivity contribution < 1.29 is 0 Å². The summed E-state index contributed by atoms with van der Waals surface area (Å²) in [5.41, 5.74) is 4.99. The molecule has 0 heterocycles. The van der Waals surface area contributed by atoms with Crippen LogP contribution in [0.2, 0.25) is 0 Å². The standard InChI is InChI=1S/C22H15Br/c23-20-8-3-7-19(15-20)16-11-13-18(14-12-16)22-10-4-6-17-5-1-2-9-21(17)22/h1-15H. The third-order valence-corrected chi connectivity index (χ3v) is 4.64. The third-order valence-electron chi connectivity index (χ3n) is 4.14. The fraction of sp³-hybridized carbons (Fsp3) is 0. The lowest BCUT2D eigenvalue weighted by Gasteiger charge is -2.08. The summed E-state index contributed by atoms with van der Waals surface area (Å²) in [6.07, 6.45) is 0. The summed E-state index contributed by atoms with van der Waals surface area (Å²) in [4.78, 5) is 0. The molecule has 0 N–H and O–H groups in total. The minimum Gasteiger partial charge on any atom is -0.0616 e. The van der Waals surface area contributed by atoms with E-state index in [4.69, 9.17) is 0 Å². The molecule has 0 radical (unpaired) electrons. The lowest BCUT2D eigenvalue weighted by Crippen LogP contribution is -1.82. The summed E-state index contributed by atoms with van der Waals surface area (Å²) in [6, 6.07) is 32.2. The van der Waals surface area contributed by atoms with Gasteiger partial charge in [0, 0.05) is 4.47 Å². The Bertz CT molecular complexity index is 963. The highest BCUT2D eigenvalue weighted by Gasteiger charge is 2.04. The van der Waals surface area contributed by atoms with Gasteiger partial charge in [-0.25, -0.2) is 0 Å². The summed E-state index contributed by atoms with van der Waals surface area (Å²) in [5.74, 6) is 0. The Morgan fingerprint density at radius 1 is 0.522 bits per heavy atom. The molecule has 0 unspecified atom stereocenters. The SMILES string of the molecule is Brc1cccc(-c2ccc(-c3cccc4ccccc34)cc2)c1. The summed E-state index contributed by atoms with van der Waals surface area (Å²) in [6.45, 7) is 0. The van der Waals surface area contributed by atoms with Crippen molar-refractivity contribution in [2.75, 3.05) is 0 Å². The fourth-order valence-corrected chi connectivity index (χ4v) is 3.39. The van der Waals surface area contributed by atoms with E-state index in [0.29, 0.717) is 0 Å². The molecule has 0 saturated carbocycles. The monoisotopic (exact) mass is 358 g/mol. The molecule has 0 nitrogen and oxygen atoms in total. The van der Waals surface area contributed by atoms with E-state index in [-0.39, 0.29) is 0 Å². The molecule has 4 aromatic carbocycles. The molecule has 110 valence electrons. The molecule has 1 heteroatoms. The van der Waals surface area contributed by atoms with Crippen LogP contribution in [0.4, 0.5) is 0 Å². The van der Waals surface area contributed by atoms with Gasteiger partial charge >= 0.3 is 0 Å². The van der Waals surface area contributed by atoms with Crippen molar-refractivity contribution in [2.45, 2.75) is 0 Å². The highest BCUT2D eigenvalue weighted by atomic mass is 79.9. The molecule has 0 saturated heterocycles. The smallest absolute Gasteiger partial charge is 0.0181 e. The van der Waals surface area contributed by atoms with Crippen molar-refractivity contribution in [1.82, 2.24) is 0 Å². The Balaban J connectivity index is 1.78. The van der Waals surface area contributed by atoms with Crippen LogP contribution in [0, 0.1) is 0 Å². The van der Waals surface area contributed by atoms with Crippen molar-refractivity contribution in [3.63, 3.8) is 0 Å². The number of rotatable bonds is 2. The quantitative estimate of drug-likeness (QED) is 0.364. The van der Waals surface area contributed by atoms with Gasteiger partial charge in [0.2, 0.25) is 0 Å².